The van der Waals surface area contributed by atoms with Crippen LogP contribution in [0, 0.1) is 0 Å². The highest BCUT2D eigenvalue weighted by molar-refractivity contribution is 8.54. The molecule has 0 bridgehead atoms. The minimum atomic E-state index is 0.583. The minimum Gasteiger partial charge on any atom is -0.160 e. The molecule has 2 aromatic carbocycles. The van der Waals surface area contributed by atoms with Gasteiger partial charge < -0.3 is 0 Å². The van der Waals surface area contributed by atoms with Crippen LogP contribution in [0.5, 0.6) is 0 Å². The van der Waals surface area contributed by atoms with Crippen molar-refractivity contribution >= 4 is 28.5 Å². The van der Waals surface area contributed by atoms with Gasteiger partial charge in [0.15, 0.2) is 0 Å². The Morgan fingerprint density at radius 1 is 0.765 bits per heavy atom. The second-order valence-corrected chi connectivity index (χ2v) is 6.55. The zero-order valence-corrected chi connectivity index (χ0v) is 11.5. The Morgan fingerprint density at radius 3 is 1.53 bits per heavy atom. The van der Waals surface area contributed by atoms with Gasteiger partial charge in [-0.05, 0) is 34.1 Å². The van der Waals surface area contributed by atoms with E-state index in [1.54, 1.807) is 0 Å². The van der Waals surface area contributed by atoms with E-state index < -0.39 is 0 Å². The first-order valence-corrected chi connectivity index (χ1v) is 7.58. The molecule has 0 nitrogen and oxygen atoms in total. The van der Waals surface area contributed by atoms with E-state index in [9.17, 15) is 0 Å². The van der Waals surface area contributed by atoms with Crippen molar-refractivity contribution < 1.29 is 0 Å². The van der Waals surface area contributed by atoms with Crippen LogP contribution in [0.1, 0.15) is 6.92 Å². The van der Waals surface area contributed by atoms with E-state index in [1.165, 1.54) is 16.1 Å². The quantitative estimate of drug-likeness (QED) is 0.686. The van der Waals surface area contributed by atoms with Gasteiger partial charge in [0.1, 0.15) is 0 Å². The van der Waals surface area contributed by atoms with Crippen LogP contribution in [-0.2, 0) is 0 Å². The smallest absolute Gasteiger partial charge is 0.160 e. The van der Waals surface area contributed by atoms with Crippen LogP contribution < -0.4 is 0 Å². The molecule has 0 aliphatic rings. The second kappa shape index (κ2) is 6.82. The van der Waals surface area contributed by atoms with Crippen molar-refractivity contribution in [1.82, 2.24) is 0 Å². The summed E-state index contributed by atoms with van der Waals surface area (Å²) in [5, 5.41) is 0.583. The van der Waals surface area contributed by atoms with Gasteiger partial charge in [-0.15, -0.1) is 0 Å². The van der Waals surface area contributed by atoms with Crippen LogP contribution in [0.4, 0.5) is 0 Å². The predicted molar refractivity (Wildman–Crippen MR) is 80.8 cm³/mol. The largest absolute Gasteiger partial charge is 0.285 e. The van der Waals surface area contributed by atoms with Crippen LogP contribution in [0.2, 0.25) is 6.32 Å². The van der Waals surface area contributed by atoms with Gasteiger partial charge in [0.25, 0.3) is 5.27 Å². The van der Waals surface area contributed by atoms with E-state index in [2.05, 4.69) is 67.6 Å². The molecule has 0 heterocycles. The lowest BCUT2D eigenvalue weighted by molar-refractivity contribution is 1.45. The molecule has 2 aromatic rings. The van der Waals surface area contributed by atoms with Crippen LogP contribution >= 0.6 is 23.2 Å². The maximum atomic E-state index is 2.25. The summed E-state index contributed by atoms with van der Waals surface area (Å²) in [7, 11) is 0. The molecule has 17 heavy (non-hydrogen) atoms. The average Bonchev–Trinajstić information content (AvgIpc) is 2.40. The highest BCUT2D eigenvalue weighted by Gasteiger charge is 2.14. The van der Waals surface area contributed by atoms with E-state index in [4.69, 9.17) is 0 Å². The molecular formula is C14H15BS2. The van der Waals surface area contributed by atoms with Gasteiger partial charge in [0, 0.05) is 0 Å². The number of rotatable bonds is 5. The predicted octanol–water partition coefficient (Wildman–Crippen LogP) is 5.08. The Hall–Kier alpha value is -0.795. The van der Waals surface area contributed by atoms with Crippen molar-refractivity contribution in [1.29, 1.82) is 0 Å². The van der Waals surface area contributed by atoms with Crippen molar-refractivity contribution in [2.75, 3.05) is 0 Å². The molecule has 0 N–H and O–H groups in total. The third-order valence-corrected chi connectivity index (χ3v) is 5.21. The highest BCUT2D eigenvalue weighted by Crippen LogP contribution is 2.34. The van der Waals surface area contributed by atoms with Crippen molar-refractivity contribution in [3.8, 4) is 0 Å². The molecule has 0 spiro atoms. The van der Waals surface area contributed by atoms with Gasteiger partial charge in [0.05, 0.1) is 0 Å². The van der Waals surface area contributed by atoms with Gasteiger partial charge in [0.2, 0.25) is 0 Å². The zero-order valence-electron chi connectivity index (χ0n) is 9.87. The first-order chi connectivity index (χ1) is 8.38. The number of hydrogen-bond acceptors (Lipinski definition) is 2. The fourth-order valence-electron chi connectivity index (χ4n) is 1.49. The van der Waals surface area contributed by atoms with Gasteiger partial charge in [-0.25, -0.2) is 0 Å². The average molecular weight is 258 g/mol. The summed E-state index contributed by atoms with van der Waals surface area (Å²) in [6.45, 7) is 2.25. The fourth-order valence-corrected chi connectivity index (χ4v) is 3.92. The van der Waals surface area contributed by atoms with Gasteiger partial charge in [-0.3, -0.25) is 0 Å². The molecule has 2 rings (SSSR count). The number of benzene rings is 2. The van der Waals surface area contributed by atoms with Gasteiger partial charge in [-0.2, -0.15) is 23.2 Å². The normalized spacial score (nSPS) is 10.2. The molecule has 0 radical (unpaired) electrons. The van der Waals surface area contributed by atoms with Crippen LogP contribution in [0.3, 0.4) is 0 Å². The molecule has 0 saturated heterocycles. The molecule has 0 amide bonds. The van der Waals surface area contributed by atoms with Crippen LogP contribution in [0.25, 0.3) is 0 Å². The van der Waals surface area contributed by atoms with Crippen molar-refractivity contribution in [2.45, 2.75) is 23.0 Å². The summed E-state index contributed by atoms with van der Waals surface area (Å²) in [6, 6.07) is 21.2. The Kier molecular flexibility index (Phi) is 5.08. The van der Waals surface area contributed by atoms with Crippen LogP contribution in [-0.4, -0.2) is 5.27 Å². The Labute approximate surface area is 112 Å². The third kappa shape index (κ3) is 4.17. The van der Waals surface area contributed by atoms with E-state index >= 15 is 0 Å². The first kappa shape index (κ1) is 12.7. The molecule has 0 atom stereocenters. The standard InChI is InChI=1S/C14H15BS2/c1-2-15(16-13-9-5-3-6-10-13)17-14-11-7-4-8-12-14/h3-12H,2H2,1H3. The molecule has 0 fully saturated rings. The van der Waals surface area contributed by atoms with Crippen molar-refractivity contribution in [3.63, 3.8) is 0 Å². The minimum absolute atomic E-state index is 0.583. The molecule has 0 aliphatic carbocycles. The maximum absolute atomic E-state index is 2.25. The summed E-state index contributed by atoms with van der Waals surface area (Å²) >= 11 is 3.89. The summed E-state index contributed by atoms with van der Waals surface area (Å²) in [6.07, 6.45) is 1.17. The van der Waals surface area contributed by atoms with E-state index in [0.29, 0.717) is 5.27 Å². The summed E-state index contributed by atoms with van der Waals surface area (Å²) in [5.41, 5.74) is 0. The van der Waals surface area contributed by atoms with Gasteiger partial charge >= 0.3 is 0 Å². The first-order valence-electron chi connectivity index (χ1n) is 5.82. The maximum Gasteiger partial charge on any atom is 0.285 e. The van der Waals surface area contributed by atoms with Crippen molar-refractivity contribution in [2.24, 2.45) is 0 Å². The molecule has 0 saturated carbocycles. The molecule has 86 valence electrons. The number of hydrogen-bond donors (Lipinski definition) is 0. The van der Waals surface area contributed by atoms with E-state index in [0.717, 1.165) is 0 Å². The fraction of sp³-hybridized carbons (Fsp3) is 0.143. The summed E-state index contributed by atoms with van der Waals surface area (Å²) < 4.78 is 0. The summed E-state index contributed by atoms with van der Waals surface area (Å²) in [5.74, 6) is 0. The molecule has 0 aromatic heterocycles. The lowest BCUT2D eigenvalue weighted by Gasteiger charge is -2.10. The van der Waals surface area contributed by atoms with E-state index in [-0.39, 0.29) is 0 Å². The molecule has 3 heteroatoms. The Morgan fingerprint density at radius 2 is 1.18 bits per heavy atom. The van der Waals surface area contributed by atoms with Gasteiger partial charge in [-0.1, -0.05) is 49.6 Å². The lowest BCUT2D eigenvalue weighted by atomic mass is 10.0. The Balaban J connectivity index is 1.98. The monoisotopic (exact) mass is 258 g/mol. The second-order valence-electron chi connectivity index (χ2n) is 3.70. The van der Waals surface area contributed by atoms with E-state index in [1.807, 2.05) is 23.2 Å². The van der Waals surface area contributed by atoms with Crippen molar-refractivity contribution in [3.05, 3.63) is 60.7 Å². The molecule has 0 aliphatic heterocycles. The highest BCUT2D eigenvalue weighted by atomic mass is 32.2. The summed E-state index contributed by atoms with van der Waals surface area (Å²) in [4.78, 5) is 2.70. The third-order valence-electron chi connectivity index (χ3n) is 2.35. The topological polar surface area (TPSA) is 0 Å². The zero-order chi connectivity index (χ0) is 11.9. The SMILES string of the molecule is CCB(Sc1ccccc1)Sc1ccccc1. The van der Waals surface area contributed by atoms with Crippen LogP contribution in [0.15, 0.2) is 70.5 Å². The Bertz CT molecular complexity index is 389. The lowest BCUT2D eigenvalue weighted by Crippen LogP contribution is -1.99. The molecular weight excluding hydrogens is 243 g/mol. The molecule has 0 unspecified atom stereocenters.